The van der Waals surface area contributed by atoms with Crippen LogP contribution >= 0.6 is 12.2 Å². The smallest absolute Gasteiger partial charge is 0.136 e. The van der Waals surface area contributed by atoms with Crippen molar-refractivity contribution in [1.29, 1.82) is 5.26 Å². The first-order valence-electron chi connectivity index (χ1n) is 6.83. The number of nitrogens with zero attached hydrogens (tertiary/aromatic N) is 3. The highest BCUT2D eigenvalue weighted by molar-refractivity contribution is 7.71. The molecule has 0 bridgehead atoms. The minimum Gasteiger partial charge on any atom is -0.330 e. The van der Waals surface area contributed by atoms with Crippen LogP contribution in [0.2, 0.25) is 0 Å². The zero-order valence-electron chi connectivity index (χ0n) is 11.7. The fourth-order valence-corrected chi connectivity index (χ4v) is 3.24. The van der Waals surface area contributed by atoms with Gasteiger partial charge in [0.15, 0.2) is 0 Å². The van der Waals surface area contributed by atoms with Gasteiger partial charge >= 0.3 is 0 Å². The molecule has 1 N–H and O–H groups in total. The second-order valence-electron chi connectivity index (χ2n) is 5.29. The summed E-state index contributed by atoms with van der Waals surface area (Å²) in [5, 5.41) is 13.9. The molecular weight excluding hydrogens is 268 g/mol. The number of hydrogen-bond donors (Lipinski definition) is 1. The number of aromatic amines is 1. The molecular formula is C15H16N4S. The van der Waals surface area contributed by atoms with Crippen LogP contribution in [0.3, 0.4) is 0 Å². The molecule has 0 saturated heterocycles. The molecule has 1 aliphatic rings. The number of aromatic nitrogens is 3. The van der Waals surface area contributed by atoms with Crippen LogP contribution in [0.25, 0.3) is 5.82 Å². The maximum atomic E-state index is 9.34. The molecule has 20 heavy (non-hydrogen) atoms. The van der Waals surface area contributed by atoms with E-state index in [-0.39, 0.29) is 0 Å². The highest BCUT2D eigenvalue weighted by Gasteiger charge is 2.21. The summed E-state index contributed by atoms with van der Waals surface area (Å²) in [5.74, 6) is 0.939. The van der Waals surface area contributed by atoms with E-state index in [4.69, 9.17) is 12.2 Å². The predicted molar refractivity (Wildman–Crippen MR) is 79.6 cm³/mol. The van der Waals surface area contributed by atoms with Crippen molar-refractivity contribution in [3.63, 3.8) is 0 Å². The third-order valence-corrected chi connectivity index (χ3v) is 4.15. The zero-order chi connectivity index (χ0) is 14.3. The van der Waals surface area contributed by atoms with Crippen LogP contribution in [0.4, 0.5) is 0 Å². The highest BCUT2D eigenvalue weighted by atomic mass is 32.1. The van der Waals surface area contributed by atoms with Gasteiger partial charge in [-0.2, -0.15) is 10.4 Å². The van der Waals surface area contributed by atoms with E-state index in [2.05, 4.69) is 16.2 Å². The number of H-pyrrole nitrogens is 1. The standard InChI is InChI=1S/C15H16N4S/c1-9-7-10(2)19(18-9)14-12-6-4-3-5-11(12)13(8-16)15(20)17-14/h7H,3-6H2,1-2H3,(H,17,20). The number of nitriles is 1. The van der Waals surface area contributed by atoms with Crippen LogP contribution in [-0.4, -0.2) is 14.8 Å². The molecule has 0 atom stereocenters. The van der Waals surface area contributed by atoms with E-state index < -0.39 is 0 Å². The van der Waals surface area contributed by atoms with Gasteiger partial charge in [0.1, 0.15) is 16.5 Å². The van der Waals surface area contributed by atoms with Gasteiger partial charge in [-0.3, -0.25) is 0 Å². The molecule has 3 rings (SSSR count). The Morgan fingerprint density at radius 1 is 1.30 bits per heavy atom. The summed E-state index contributed by atoms with van der Waals surface area (Å²) in [6.07, 6.45) is 4.18. The van der Waals surface area contributed by atoms with Gasteiger partial charge in [-0.05, 0) is 56.7 Å². The fourth-order valence-electron chi connectivity index (χ4n) is 2.98. The molecule has 0 fully saturated rings. The average Bonchev–Trinajstić information content (AvgIpc) is 2.77. The Kier molecular flexibility index (Phi) is 3.19. The summed E-state index contributed by atoms with van der Waals surface area (Å²) in [6.45, 7) is 4.01. The molecule has 2 heterocycles. The quantitative estimate of drug-likeness (QED) is 0.817. The zero-order valence-corrected chi connectivity index (χ0v) is 12.5. The SMILES string of the molecule is Cc1cc(C)n(-c2[nH]c(=S)c(C#N)c3c2CCCC3)n1. The maximum absolute atomic E-state index is 9.34. The van der Waals surface area contributed by atoms with E-state index in [0.717, 1.165) is 48.5 Å². The minimum atomic E-state index is 0.524. The van der Waals surface area contributed by atoms with Crippen molar-refractivity contribution in [2.45, 2.75) is 39.5 Å². The topological polar surface area (TPSA) is 57.4 Å². The minimum absolute atomic E-state index is 0.524. The molecule has 5 heteroatoms. The molecule has 4 nitrogen and oxygen atoms in total. The summed E-state index contributed by atoms with van der Waals surface area (Å²) >= 11 is 5.35. The van der Waals surface area contributed by atoms with Gasteiger partial charge in [0.2, 0.25) is 0 Å². The van der Waals surface area contributed by atoms with Crippen LogP contribution in [-0.2, 0) is 12.8 Å². The normalized spacial score (nSPS) is 13.8. The van der Waals surface area contributed by atoms with Gasteiger partial charge in [0, 0.05) is 5.69 Å². The van der Waals surface area contributed by atoms with E-state index in [1.807, 2.05) is 24.6 Å². The van der Waals surface area contributed by atoms with Gasteiger partial charge in [0.05, 0.1) is 11.3 Å². The monoisotopic (exact) mass is 284 g/mol. The van der Waals surface area contributed by atoms with E-state index in [1.165, 1.54) is 5.56 Å². The second-order valence-corrected chi connectivity index (χ2v) is 5.70. The van der Waals surface area contributed by atoms with Crippen molar-refractivity contribution < 1.29 is 0 Å². The summed E-state index contributed by atoms with van der Waals surface area (Å²) in [5.41, 5.74) is 5.01. The van der Waals surface area contributed by atoms with Crippen LogP contribution in [0.15, 0.2) is 6.07 Å². The molecule has 0 radical (unpaired) electrons. The molecule has 0 aromatic carbocycles. The lowest BCUT2D eigenvalue weighted by molar-refractivity contribution is 0.664. The molecule has 102 valence electrons. The summed E-state index contributed by atoms with van der Waals surface area (Å²) < 4.78 is 2.44. The van der Waals surface area contributed by atoms with E-state index in [0.29, 0.717) is 10.2 Å². The molecule has 0 aliphatic heterocycles. The third-order valence-electron chi connectivity index (χ3n) is 3.85. The first kappa shape index (κ1) is 13.1. The van der Waals surface area contributed by atoms with Gasteiger partial charge in [-0.1, -0.05) is 12.2 Å². The van der Waals surface area contributed by atoms with Crippen molar-refractivity contribution in [2.24, 2.45) is 0 Å². The number of rotatable bonds is 1. The van der Waals surface area contributed by atoms with E-state index in [9.17, 15) is 5.26 Å². The van der Waals surface area contributed by atoms with Crippen molar-refractivity contribution >= 4 is 12.2 Å². The Labute approximate surface area is 123 Å². The Morgan fingerprint density at radius 3 is 2.60 bits per heavy atom. The average molecular weight is 284 g/mol. The predicted octanol–water partition coefficient (Wildman–Crippen LogP) is 3.30. The lowest BCUT2D eigenvalue weighted by atomic mass is 9.89. The number of fused-ring (bicyclic) bond motifs is 1. The Bertz CT molecular complexity index is 776. The largest absolute Gasteiger partial charge is 0.330 e. The maximum Gasteiger partial charge on any atom is 0.136 e. The molecule has 0 saturated carbocycles. The van der Waals surface area contributed by atoms with Gasteiger partial charge in [-0.25, -0.2) is 4.68 Å². The van der Waals surface area contributed by atoms with Gasteiger partial charge in [0.25, 0.3) is 0 Å². The molecule has 0 unspecified atom stereocenters. The van der Waals surface area contributed by atoms with Gasteiger partial charge < -0.3 is 4.98 Å². The van der Waals surface area contributed by atoms with E-state index >= 15 is 0 Å². The van der Waals surface area contributed by atoms with Crippen molar-refractivity contribution in [2.75, 3.05) is 0 Å². The van der Waals surface area contributed by atoms with Gasteiger partial charge in [-0.15, -0.1) is 0 Å². The summed E-state index contributed by atoms with van der Waals surface area (Å²) in [4.78, 5) is 3.22. The summed E-state index contributed by atoms with van der Waals surface area (Å²) in [7, 11) is 0. The van der Waals surface area contributed by atoms with E-state index in [1.54, 1.807) is 0 Å². The van der Waals surface area contributed by atoms with Crippen LogP contribution < -0.4 is 0 Å². The Balaban J connectivity index is 2.33. The van der Waals surface area contributed by atoms with Crippen LogP contribution in [0, 0.1) is 29.8 Å². The second kappa shape index (κ2) is 4.88. The molecule has 0 amide bonds. The van der Waals surface area contributed by atoms with Crippen LogP contribution in [0.5, 0.6) is 0 Å². The Morgan fingerprint density at radius 2 is 2.00 bits per heavy atom. The molecule has 2 aromatic rings. The summed E-state index contributed by atoms with van der Waals surface area (Å²) in [6, 6.07) is 4.30. The fraction of sp³-hybridized carbons (Fsp3) is 0.400. The number of pyridine rings is 1. The number of nitrogens with one attached hydrogen (secondary N) is 1. The first-order chi connectivity index (χ1) is 9.61. The lowest BCUT2D eigenvalue weighted by Gasteiger charge is -2.21. The number of aryl methyl sites for hydroxylation is 2. The highest BCUT2D eigenvalue weighted by Crippen LogP contribution is 2.29. The van der Waals surface area contributed by atoms with Crippen molar-refractivity contribution in [1.82, 2.24) is 14.8 Å². The lowest BCUT2D eigenvalue weighted by Crippen LogP contribution is -2.14. The molecule has 0 spiro atoms. The third kappa shape index (κ3) is 1.97. The Hall–Kier alpha value is -1.93. The van der Waals surface area contributed by atoms with Crippen molar-refractivity contribution in [3.05, 3.63) is 38.8 Å². The van der Waals surface area contributed by atoms with Crippen LogP contribution in [0.1, 0.15) is 40.9 Å². The molecule has 2 aromatic heterocycles. The first-order valence-corrected chi connectivity index (χ1v) is 7.24. The van der Waals surface area contributed by atoms with Crippen molar-refractivity contribution in [3.8, 4) is 11.9 Å². The number of hydrogen-bond acceptors (Lipinski definition) is 3. The molecule has 1 aliphatic carbocycles.